The summed E-state index contributed by atoms with van der Waals surface area (Å²) >= 11 is 0. The molecule has 3 rings (SSSR count). The molecule has 1 amide bonds. The Balaban J connectivity index is 2.06. The number of rotatable bonds is 7. The number of amides is 1. The second-order valence-corrected chi connectivity index (χ2v) is 7.17. The average Bonchev–Trinajstić information content (AvgIpc) is 2.98. The summed E-state index contributed by atoms with van der Waals surface area (Å²) in [6, 6.07) is 14.4. The number of carbonyl (C=O) groups is 2. The van der Waals surface area contributed by atoms with Crippen molar-refractivity contribution in [3.05, 3.63) is 71.0 Å². The van der Waals surface area contributed by atoms with Gasteiger partial charge in [0, 0.05) is 31.8 Å². The van der Waals surface area contributed by atoms with E-state index in [1.807, 2.05) is 67.5 Å². The number of Topliss-reactive ketones (excluding diaryl/α,β-unsaturated/α-hetero) is 1. The van der Waals surface area contributed by atoms with Crippen LogP contribution in [0.3, 0.4) is 0 Å². The van der Waals surface area contributed by atoms with E-state index in [0.717, 1.165) is 16.8 Å². The third kappa shape index (κ3) is 3.83. The molecule has 2 aromatic carbocycles. The molecule has 6 heteroatoms. The fraction of sp³-hybridized carbons (Fsp3) is 0.304. The van der Waals surface area contributed by atoms with E-state index in [0.29, 0.717) is 5.75 Å². The summed E-state index contributed by atoms with van der Waals surface area (Å²) in [6.45, 7) is 1.94. The van der Waals surface area contributed by atoms with Crippen LogP contribution in [0.1, 0.15) is 30.5 Å². The largest absolute Gasteiger partial charge is 0.503 e. The van der Waals surface area contributed by atoms with Crippen LogP contribution in [0.25, 0.3) is 0 Å². The first-order valence-corrected chi connectivity index (χ1v) is 9.55. The molecule has 1 aliphatic rings. The zero-order valence-electron chi connectivity index (χ0n) is 17.2. The fourth-order valence-electron chi connectivity index (χ4n) is 3.61. The number of para-hydroxylation sites is 1. The topological polar surface area (TPSA) is 70.1 Å². The molecule has 152 valence electrons. The molecule has 0 fully saturated rings. The van der Waals surface area contributed by atoms with Gasteiger partial charge >= 0.3 is 0 Å². The van der Waals surface area contributed by atoms with Gasteiger partial charge in [0.1, 0.15) is 5.75 Å². The van der Waals surface area contributed by atoms with Crippen LogP contribution in [0.15, 0.2) is 59.9 Å². The predicted octanol–water partition coefficient (Wildman–Crippen LogP) is 3.64. The van der Waals surface area contributed by atoms with Crippen molar-refractivity contribution >= 4 is 17.4 Å². The summed E-state index contributed by atoms with van der Waals surface area (Å²) in [5, 5.41) is 10.5. The minimum atomic E-state index is -0.643. The standard InChI is InChI=1S/C23H26N2O4/c1-5-18(26)20-21(15-10-12-17(13-11-15)24(2)3)25(23(28)22(20)27)14-16-8-6-7-9-19(16)29-4/h6-13,21,27H,5,14H2,1-4H3. The van der Waals surface area contributed by atoms with Gasteiger partial charge in [0.2, 0.25) is 0 Å². The molecule has 1 aliphatic heterocycles. The van der Waals surface area contributed by atoms with Crippen molar-refractivity contribution in [1.29, 1.82) is 0 Å². The smallest absolute Gasteiger partial charge is 0.290 e. The lowest BCUT2D eigenvalue weighted by molar-refractivity contribution is -0.130. The number of ketones is 1. The Morgan fingerprint density at radius 3 is 2.38 bits per heavy atom. The van der Waals surface area contributed by atoms with Gasteiger partial charge in [-0.3, -0.25) is 9.59 Å². The summed E-state index contributed by atoms with van der Waals surface area (Å²) in [6.07, 6.45) is 0.210. The lowest BCUT2D eigenvalue weighted by Gasteiger charge is -2.28. The number of nitrogens with zero attached hydrogens (tertiary/aromatic N) is 2. The Kier molecular flexibility index (Phi) is 5.92. The second-order valence-electron chi connectivity index (χ2n) is 7.17. The summed E-state index contributed by atoms with van der Waals surface area (Å²) in [4.78, 5) is 29.0. The minimum absolute atomic E-state index is 0.157. The molecule has 1 unspecified atom stereocenters. The predicted molar refractivity (Wildman–Crippen MR) is 112 cm³/mol. The number of ether oxygens (including phenoxy) is 1. The molecule has 1 atom stereocenters. The zero-order valence-corrected chi connectivity index (χ0v) is 17.2. The Hall–Kier alpha value is -3.28. The first kappa shape index (κ1) is 20.5. The highest BCUT2D eigenvalue weighted by atomic mass is 16.5. The third-order valence-corrected chi connectivity index (χ3v) is 5.18. The Bertz CT molecular complexity index is 948. The van der Waals surface area contributed by atoms with Gasteiger partial charge < -0.3 is 19.6 Å². The Morgan fingerprint density at radius 2 is 1.79 bits per heavy atom. The summed E-state index contributed by atoms with van der Waals surface area (Å²) in [5.74, 6) is -0.598. The number of hydrogen-bond donors (Lipinski definition) is 1. The van der Waals surface area contributed by atoms with Crippen LogP contribution < -0.4 is 9.64 Å². The van der Waals surface area contributed by atoms with Gasteiger partial charge in [-0.05, 0) is 23.8 Å². The first-order chi connectivity index (χ1) is 13.9. The lowest BCUT2D eigenvalue weighted by atomic mass is 9.94. The molecule has 0 saturated carbocycles. The van der Waals surface area contributed by atoms with Crippen molar-refractivity contribution in [3.8, 4) is 5.75 Å². The zero-order chi connectivity index (χ0) is 21.1. The van der Waals surface area contributed by atoms with Crippen molar-refractivity contribution in [1.82, 2.24) is 4.90 Å². The summed E-state index contributed by atoms with van der Waals surface area (Å²) in [7, 11) is 5.46. The van der Waals surface area contributed by atoms with Gasteiger partial charge in [-0.15, -0.1) is 0 Å². The minimum Gasteiger partial charge on any atom is -0.503 e. The van der Waals surface area contributed by atoms with Gasteiger partial charge in [0.05, 0.1) is 25.3 Å². The van der Waals surface area contributed by atoms with Crippen LogP contribution in [-0.4, -0.2) is 42.9 Å². The van der Waals surface area contributed by atoms with Gasteiger partial charge in [-0.25, -0.2) is 0 Å². The normalized spacial score (nSPS) is 16.3. The van der Waals surface area contributed by atoms with Crippen LogP contribution in [-0.2, 0) is 16.1 Å². The molecule has 0 aliphatic carbocycles. The highest BCUT2D eigenvalue weighted by Gasteiger charge is 2.43. The molecule has 0 spiro atoms. The van der Waals surface area contributed by atoms with Crippen LogP contribution in [0.5, 0.6) is 5.75 Å². The number of aliphatic hydroxyl groups excluding tert-OH is 1. The SMILES string of the molecule is CCC(=O)C1=C(O)C(=O)N(Cc2ccccc2OC)C1c1ccc(N(C)C)cc1. The maximum absolute atomic E-state index is 12.9. The van der Waals surface area contributed by atoms with Crippen LogP contribution in [0.4, 0.5) is 5.69 Å². The number of methoxy groups -OCH3 is 1. The van der Waals surface area contributed by atoms with Crippen LogP contribution in [0, 0.1) is 0 Å². The number of anilines is 1. The summed E-state index contributed by atoms with van der Waals surface area (Å²) < 4.78 is 5.41. The van der Waals surface area contributed by atoms with E-state index in [2.05, 4.69) is 0 Å². The molecule has 0 radical (unpaired) electrons. The van der Waals surface area contributed by atoms with Crippen LogP contribution >= 0.6 is 0 Å². The van der Waals surface area contributed by atoms with Gasteiger partial charge in [0.15, 0.2) is 11.5 Å². The first-order valence-electron chi connectivity index (χ1n) is 9.55. The monoisotopic (exact) mass is 394 g/mol. The van der Waals surface area contributed by atoms with E-state index in [9.17, 15) is 14.7 Å². The Morgan fingerprint density at radius 1 is 1.14 bits per heavy atom. The van der Waals surface area contributed by atoms with Crippen molar-refractivity contribution < 1.29 is 19.4 Å². The van der Waals surface area contributed by atoms with Gasteiger partial charge in [-0.1, -0.05) is 37.3 Å². The maximum Gasteiger partial charge on any atom is 0.290 e. The molecule has 0 aromatic heterocycles. The summed E-state index contributed by atoms with van der Waals surface area (Å²) in [5.41, 5.74) is 2.74. The van der Waals surface area contributed by atoms with E-state index >= 15 is 0 Å². The molecule has 0 saturated heterocycles. The molecule has 6 nitrogen and oxygen atoms in total. The van der Waals surface area contributed by atoms with E-state index in [-0.39, 0.29) is 24.3 Å². The highest BCUT2D eigenvalue weighted by Crippen LogP contribution is 2.40. The number of benzene rings is 2. The fourth-order valence-corrected chi connectivity index (χ4v) is 3.61. The number of aliphatic hydroxyl groups is 1. The van der Waals surface area contributed by atoms with Gasteiger partial charge in [-0.2, -0.15) is 0 Å². The van der Waals surface area contributed by atoms with Crippen molar-refractivity contribution in [2.45, 2.75) is 25.9 Å². The molecular weight excluding hydrogens is 368 g/mol. The number of carbonyl (C=O) groups excluding carboxylic acids is 2. The van der Waals surface area contributed by atoms with E-state index in [1.54, 1.807) is 14.0 Å². The molecular formula is C23H26N2O4. The third-order valence-electron chi connectivity index (χ3n) is 5.18. The van der Waals surface area contributed by atoms with Gasteiger partial charge in [0.25, 0.3) is 5.91 Å². The van der Waals surface area contributed by atoms with E-state index < -0.39 is 17.7 Å². The molecule has 29 heavy (non-hydrogen) atoms. The second kappa shape index (κ2) is 8.39. The van der Waals surface area contributed by atoms with E-state index in [1.165, 1.54) is 4.90 Å². The van der Waals surface area contributed by atoms with E-state index in [4.69, 9.17) is 4.74 Å². The molecule has 2 aromatic rings. The number of hydrogen-bond acceptors (Lipinski definition) is 5. The maximum atomic E-state index is 12.9. The Labute approximate surface area is 171 Å². The molecule has 1 N–H and O–H groups in total. The van der Waals surface area contributed by atoms with Crippen molar-refractivity contribution in [3.63, 3.8) is 0 Å². The van der Waals surface area contributed by atoms with Crippen molar-refractivity contribution in [2.24, 2.45) is 0 Å². The highest BCUT2D eigenvalue weighted by molar-refractivity contribution is 6.08. The lowest BCUT2D eigenvalue weighted by Crippen LogP contribution is -2.30. The molecule has 0 bridgehead atoms. The average molecular weight is 394 g/mol. The van der Waals surface area contributed by atoms with Crippen LogP contribution in [0.2, 0.25) is 0 Å². The molecule has 1 heterocycles. The van der Waals surface area contributed by atoms with Crippen molar-refractivity contribution in [2.75, 3.05) is 26.1 Å². The quantitative estimate of drug-likeness (QED) is 0.776.